The first-order valence-corrected chi connectivity index (χ1v) is 10.3. The third-order valence-corrected chi connectivity index (χ3v) is 5.63. The lowest BCUT2D eigenvalue weighted by atomic mass is 10.0. The van der Waals surface area contributed by atoms with Crippen LogP contribution in [-0.2, 0) is 4.79 Å². The first kappa shape index (κ1) is 19.7. The van der Waals surface area contributed by atoms with Gasteiger partial charge in [0.25, 0.3) is 0 Å². The number of carbonyl (C=O) groups excluding carboxylic acids is 1. The average molecular weight is 445 g/mol. The van der Waals surface area contributed by atoms with Gasteiger partial charge in [0.15, 0.2) is 11.6 Å². The second-order valence-electron chi connectivity index (χ2n) is 8.00. The van der Waals surface area contributed by atoms with Gasteiger partial charge in [-0.1, -0.05) is 11.6 Å². The Kier molecular flexibility index (Phi) is 4.58. The summed E-state index contributed by atoms with van der Waals surface area (Å²) in [5.41, 5.74) is 2.64. The summed E-state index contributed by atoms with van der Waals surface area (Å²) >= 11 is 6.46. The number of alkyl halides is 1. The van der Waals surface area contributed by atoms with Crippen molar-refractivity contribution < 1.29 is 13.6 Å². The zero-order valence-corrected chi connectivity index (χ0v) is 17.5. The quantitative estimate of drug-likeness (QED) is 0.413. The van der Waals surface area contributed by atoms with Crippen molar-refractivity contribution in [2.75, 3.05) is 10.6 Å². The molecule has 5 rings (SSSR count). The number of aromatic nitrogens is 4. The van der Waals surface area contributed by atoms with E-state index in [1.807, 2.05) is 13.8 Å². The Bertz CT molecular complexity index is 1330. The molecule has 1 aliphatic carbocycles. The van der Waals surface area contributed by atoms with E-state index in [1.165, 1.54) is 0 Å². The Balaban J connectivity index is 1.57. The predicted molar refractivity (Wildman–Crippen MR) is 116 cm³/mol. The van der Waals surface area contributed by atoms with E-state index >= 15 is 4.39 Å². The number of fused-ring (bicyclic) bond motifs is 2. The molecule has 1 aromatic carbocycles. The van der Waals surface area contributed by atoms with E-state index in [9.17, 15) is 9.18 Å². The van der Waals surface area contributed by atoms with Crippen LogP contribution in [0.1, 0.15) is 20.3 Å². The molecule has 10 heteroatoms. The van der Waals surface area contributed by atoms with Gasteiger partial charge in [-0.05, 0) is 38.0 Å². The second kappa shape index (κ2) is 7.19. The van der Waals surface area contributed by atoms with Crippen molar-refractivity contribution in [2.24, 2.45) is 5.92 Å². The SMILES string of the molecule is CC(C)Nc1c(F)c(Cl)c(-c2ccn3nc(NC(=O)[C@@H]4C[C@@H]4F)cc3c2)c2cn[nH]c12. The number of aromatic amines is 1. The van der Waals surface area contributed by atoms with Gasteiger partial charge in [0, 0.05) is 29.3 Å². The number of halogens is 3. The van der Waals surface area contributed by atoms with Crippen LogP contribution in [0, 0.1) is 11.7 Å². The highest BCUT2D eigenvalue weighted by Gasteiger charge is 2.43. The Hall–Kier alpha value is -3.20. The lowest BCUT2D eigenvalue weighted by Crippen LogP contribution is -2.15. The number of amides is 1. The summed E-state index contributed by atoms with van der Waals surface area (Å²) in [5.74, 6) is -1.22. The molecule has 0 unspecified atom stereocenters. The fourth-order valence-electron chi connectivity index (χ4n) is 3.69. The van der Waals surface area contributed by atoms with Crippen LogP contribution in [0.3, 0.4) is 0 Å². The molecule has 31 heavy (non-hydrogen) atoms. The summed E-state index contributed by atoms with van der Waals surface area (Å²) < 4.78 is 29.8. The molecule has 3 heterocycles. The van der Waals surface area contributed by atoms with Crippen LogP contribution in [0.4, 0.5) is 20.3 Å². The Labute approximate surface area is 180 Å². The second-order valence-corrected chi connectivity index (χ2v) is 8.38. The van der Waals surface area contributed by atoms with Crippen LogP contribution in [-0.4, -0.2) is 37.9 Å². The molecule has 0 aliphatic heterocycles. The molecule has 3 aromatic heterocycles. The highest BCUT2D eigenvalue weighted by Crippen LogP contribution is 2.42. The molecule has 2 atom stereocenters. The molecule has 0 saturated heterocycles. The molecule has 0 spiro atoms. The van der Waals surface area contributed by atoms with Crippen molar-refractivity contribution in [1.82, 2.24) is 19.8 Å². The molecule has 1 fully saturated rings. The Morgan fingerprint density at radius 1 is 1.39 bits per heavy atom. The van der Waals surface area contributed by atoms with Gasteiger partial charge in [-0.15, -0.1) is 0 Å². The van der Waals surface area contributed by atoms with Gasteiger partial charge in [-0.3, -0.25) is 9.89 Å². The van der Waals surface area contributed by atoms with Gasteiger partial charge in [0.05, 0.1) is 33.9 Å². The van der Waals surface area contributed by atoms with E-state index in [4.69, 9.17) is 11.6 Å². The van der Waals surface area contributed by atoms with Gasteiger partial charge in [0.2, 0.25) is 5.91 Å². The monoisotopic (exact) mass is 444 g/mol. The van der Waals surface area contributed by atoms with Gasteiger partial charge in [0.1, 0.15) is 6.17 Å². The van der Waals surface area contributed by atoms with Crippen LogP contribution in [0.5, 0.6) is 0 Å². The minimum Gasteiger partial charge on any atom is -0.379 e. The number of hydrogen-bond donors (Lipinski definition) is 3. The van der Waals surface area contributed by atoms with Crippen molar-refractivity contribution in [3.05, 3.63) is 41.4 Å². The van der Waals surface area contributed by atoms with E-state index in [-0.39, 0.29) is 29.1 Å². The van der Waals surface area contributed by atoms with Crippen molar-refractivity contribution in [2.45, 2.75) is 32.5 Å². The van der Waals surface area contributed by atoms with Crippen LogP contribution in [0.25, 0.3) is 27.5 Å². The highest BCUT2D eigenvalue weighted by atomic mass is 35.5. The van der Waals surface area contributed by atoms with Crippen LogP contribution >= 0.6 is 11.6 Å². The topological polar surface area (TPSA) is 87.1 Å². The average Bonchev–Trinajstić information content (AvgIpc) is 3.11. The maximum Gasteiger partial charge on any atom is 0.231 e. The fraction of sp³-hybridized carbons (Fsp3) is 0.286. The summed E-state index contributed by atoms with van der Waals surface area (Å²) in [4.78, 5) is 12.0. The third kappa shape index (κ3) is 3.38. The number of H-pyrrole nitrogens is 1. The number of pyridine rings is 1. The minimum absolute atomic E-state index is 0.00278. The largest absolute Gasteiger partial charge is 0.379 e. The first-order chi connectivity index (χ1) is 14.8. The third-order valence-electron chi connectivity index (χ3n) is 5.28. The summed E-state index contributed by atoms with van der Waals surface area (Å²) in [6.45, 7) is 3.81. The number of anilines is 2. The fourth-order valence-corrected chi connectivity index (χ4v) is 3.99. The minimum atomic E-state index is -1.08. The zero-order chi connectivity index (χ0) is 21.9. The summed E-state index contributed by atoms with van der Waals surface area (Å²) in [6.07, 6.45) is 2.47. The van der Waals surface area contributed by atoms with Gasteiger partial charge >= 0.3 is 0 Å². The Morgan fingerprint density at radius 2 is 2.16 bits per heavy atom. The number of benzene rings is 1. The highest BCUT2D eigenvalue weighted by molar-refractivity contribution is 6.36. The number of carbonyl (C=O) groups is 1. The summed E-state index contributed by atoms with van der Waals surface area (Å²) in [5, 5.41) is 17.6. The molecule has 1 aliphatic rings. The maximum atomic E-state index is 15.2. The Morgan fingerprint density at radius 3 is 2.87 bits per heavy atom. The standard InChI is InChI=1S/C21H19ClF2N6O/c1-9(2)26-20-18(24)17(22)16(13-8-25-28-19(13)20)10-3-4-30-11(5-10)6-15(29-30)27-21(31)12-7-14(12)23/h3-6,8-9,12,14,26H,7H2,1-2H3,(H,25,28)(H,27,29,31)/t12-,14+/m1/s1. The molecule has 1 amide bonds. The van der Waals surface area contributed by atoms with E-state index in [1.54, 1.807) is 35.1 Å². The van der Waals surface area contributed by atoms with E-state index in [0.717, 1.165) is 0 Å². The first-order valence-electron chi connectivity index (χ1n) is 9.88. The lowest BCUT2D eigenvalue weighted by molar-refractivity contribution is -0.117. The molecule has 0 radical (unpaired) electrons. The van der Waals surface area contributed by atoms with Crippen LogP contribution in [0.15, 0.2) is 30.6 Å². The normalized spacial score (nSPS) is 18.1. The van der Waals surface area contributed by atoms with Gasteiger partial charge < -0.3 is 10.6 Å². The van der Waals surface area contributed by atoms with Crippen molar-refractivity contribution >= 4 is 45.4 Å². The molecule has 7 nitrogen and oxygen atoms in total. The molecule has 4 aromatic rings. The van der Waals surface area contributed by atoms with Gasteiger partial charge in [-0.2, -0.15) is 10.2 Å². The van der Waals surface area contributed by atoms with Crippen LogP contribution in [0.2, 0.25) is 5.02 Å². The van der Waals surface area contributed by atoms with E-state index in [0.29, 0.717) is 33.4 Å². The van der Waals surface area contributed by atoms with E-state index < -0.39 is 17.9 Å². The molecule has 160 valence electrons. The van der Waals surface area contributed by atoms with E-state index in [2.05, 4.69) is 25.9 Å². The number of nitrogens with one attached hydrogen (secondary N) is 3. The maximum absolute atomic E-state index is 15.2. The van der Waals surface area contributed by atoms with Crippen LogP contribution < -0.4 is 10.6 Å². The smallest absolute Gasteiger partial charge is 0.231 e. The summed E-state index contributed by atoms with van der Waals surface area (Å²) in [6, 6.07) is 5.22. The molecule has 1 saturated carbocycles. The van der Waals surface area contributed by atoms with Crippen molar-refractivity contribution in [3.63, 3.8) is 0 Å². The number of rotatable bonds is 5. The molecule has 0 bridgehead atoms. The lowest BCUT2D eigenvalue weighted by Gasteiger charge is -2.16. The molecular weight excluding hydrogens is 426 g/mol. The van der Waals surface area contributed by atoms with Crippen molar-refractivity contribution in [3.8, 4) is 11.1 Å². The number of hydrogen-bond acceptors (Lipinski definition) is 4. The molecule has 3 N–H and O–H groups in total. The van der Waals surface area contributed by atoms with Gasteiger partial charge in [-0.25, -0.2) is 13.3 Å². The molecular formula is C21H19ClF2N6O. The number of nitrogens with zero attached hydrogens (tertiary/aromatic N) is 3. The van der Waals surface area contributed by atoms with Crippen molar-refractivity contribution in [1.29, 1.82) is 0 Å². The summed E-state index contributed by atoms with van der Waals surface area (Å²) in [7, 11) is 0. The zero-order valence-electron chi connectivity index (χ0n) is 16.7. The predicted octanol–water partition coefficient (Wildman–Crippen LogP) is 4.79.